The molecule has 0 bridgehead atoms. The molecule has 7 heteroatoms. The Hall–Kier alpha value is -4.36. The second-order valence-corrected chi connectivity index (χ2v) is 8.42. The number of hydrogen-bond acceptors (Lipinski definition) is 6. The van der Waals surface area contributed by atoms with Crippen LogP contribution in [-0.2, 0) is 14.4 Å². The average molecular weight is 452 g/mol. The van der Waals surface area contributed by atoms with Crippen LogP contribution in [0.4, 0.5) is 11.4 Å². The molecule has 0 aromatic heterocycles. The summed E-state index contributed by atoms with van der Waals surface area (Å²) in [6.07, 6.45) is -1.02. The third-order valence-corrected chi connectivity index (χ3v) is 6.47. The summed E-state index contributed by atoms with van der Waals surface area (Å²) in [5.41, 5.74) is 1.74. The molecule has 0 radical (unpaired) electrons. The van der Waals surface area contributed by atoms with Gasteiger partial charge in [0.15, 0.2) is 17.6 Å². The van der Waals surface area contributed by atoms with E-state index in [2.05, 4.69) is 0 Å². The monoisotopic (exact) mass is 452 g/mol. The Morgan fingerprint density at radius 2 is 1.47 bits per heavy atom. The van der Waals surface area contributed by atoms with Gasteiger partial charge >= 0.3 is 0 Å². The Bertz CT molecular complexity index is 1430. The number of imide groups is 1. The van der Waals surface area contributed by atoms with E-state index in [1.807, 2.05) is 66.7 Å². The molecule has 2 aliphatic heterocycles. The van der Waals surface area contributed by atoms with E-state index in [0.717, 1.165) is 10.8 Å². The number of para-hydroxylation sites is 1. The lowest BCUT2D eigenvalue weighted by Crippen LogP contribution is -2.37. The van der Waals surface area contributed by atoms with Crippen LogP contribution in [0.3, 0.4) is 0 Å². The number of phenolic OH excluding ortho intramolecular Hbond substituents is 2. The van der Waals surface area contributed by atoms with Gasteiger partial charge in [0.25, 0.3) is 5.91 Å². The molecule has 0 aliphatic carbocycles. The number of benzene rings is 4. The van der Waals surface area contributed by atoms with Gasteiger partial charge in [0, 0.05) is 5.39 Å². The molecule has 4 aromatic rings. The number of anilines is 2. The topological polar surface area (TPSA) is 90.3 Å². The molecule has 2 N–H and O–H groups in total. The van der Waals surface area contributed by atoms with Crippen LogP contribution in [0.5, 0.6) is 11.5 Å². The van der Waals surface area contributed by atoms with Gasteiger partial charge in [-0.3, -0.25) is 14.4 Å². The summed E-state index contributed by atoms with van der Waals surface area (Å²) in [6.45, 7) is 0. The van der Waals surface area contributed by atoms with Gasteiger partial charge in [-0.25, -0.2) is 9.96 Å². The lowest BCUT2D eigenvalue weighted by molar-refractivity contribution is -0.126. The Labute approximate surface area is 195 Å². The van der Waals surface area contributed by atoms with Crippen molar-refractivity contribution in [2.45, 2.75) is 12.1 Å². The minimum absolute atomic E-state index is 0.267. The van der Waals surface area contributed by atoms with E-state index in [0.29, 0.717) is 16.9 Å². The fourth-order valence-corrected chi connectivity index (χ4v) is 4.92. The first-order chi connectivity index (χ1) is 16.5. The molecule has 0 saturated carbocycles. The maximum atomic E-state index is 13.8. The quantitative estimate of drug-likeness (QED) is 0.356. The maximum Gasteiger partial charge on any atom is 0.266 e. The number of phenols is 2. The third-order valence-electron chi connectivity index (χ3n) is 6.47. The molecule has 2 aliphatic rings. The fraction of sp³-hybridized carbons (Fsp3) is 0.111. The second kappa shape index (κ2) is 7.60. The van der Waals surface area contributed by atoms with Gasteiger partial charge in [0.1, 0.15) is 5.92 Å². The van der Waals surface area contributed by atoms with Crippen molar-refractivity contribution in [3.8, 4) is 11.5 Å². The van der Waals surface area contributed by atoms with Crippen LogP contribution in [-0.4, -0.2) is 28.1 Å². The van der Waals surface area contributed by atoms with Crippen molar-refractivity contribution < 1.29 is 24.6 Å². The lowest BCUT2D eigenvalue weighted by Gasteiger charge is -2.29. The van der Waals surface area contributed by atoms with E-state index in [1.165, 1.54) is 17.0 Å². The van der Waals surface area contributed by atoms with Crippen LogP contribution in [0.15, 0.2) is 91.0 Å². The van der Waals surface area contributed by atoms with Crippen LogP contribution in [0.2, 0.25) is 0 Å². The van der Waals surface area contributed by atoms with Crippen LogP contribution in [0.1, 0.15) is 11.6 Å². The minimum atomic E-state index is -1.02. The van der Waals surface area contributed by atoms with Crippen LogP contribution in [0.25, 0.3) is 10.8 Å². The SMILES string of the molecule is O=C1C2ON(c3ccccc3)C(c3ccc(O)c(O)c3)C2C(=O)N1c1cccc2ccccc12. The molecule has 4 aromatic carbocycles. The van der Waals surface area contributed by atoms with Crippen molar-refractivity contribution in [2.75, 3.05) is 9.96 Å². The number of carbonyl (C=O) groups is 2. The predicted octanol–water partition coefficient (Wildman–Crippen LogP) is 4.30. The summed E-state index contributed by atoms with van der Waals surface area (Å²) in [4.78, 5) is 34.8. The Morgan fingerprint density at radius 1 is 0.735 bits per heavy atom. The number of amides is 2. The van der Waals surface area contributed by atoms with Gasteiger partial charge in [-0.15, -0.1) is 0 Å². The largest absolute Gasteiger partial charge is 0.504 e. The number of rotatable bonds is 3. The highest BCUT2D eigenvalue weighted by molar-refractivity contribution is 6.26. The molecule has 2 fully saturated rings. The number of hydroxylamine groups is 1. The fourth-order valence-electron chi connectivity index (χ4n) is 4.92. The number of carbonyl (C=O) groups excluding carboxylic acids is 2. The van der Waals surface area contributed by atoms with E-state index in [9.17, 15) is 19.8 Å². The zero-order valence-corrected chi connectivity index (χ0v) is 17.9. The highest BCUT2D eigenvalue weighted by Gasteiger charge is 2.60. The Morgan fingerprint density at radius 3 is 2.26 bits per heavy atom. The summed E-state index contributed by atoms with van der Waals surface area (Å²) < 4.78 is 0. The van der Waals surface area contributed by atoms with Crippen LogP contribution >= 0.6 is 0 Å². The van der Waals surface area contributed by atoms with E-state index in [-0.39, 0.29) is 17.4 Å². The van der Waals surface area contributed by atoms with Gasteiger partial charge in [-0.2, -0.15) is 0 Å². The molecule has 2 saturated heterocycles. The molecular formula is C27H20N2O5. The highest BCUT2D eigenvalue weighted by Crippen LogP contribution is 2.49. The van der Waals surface area contributed by atoms with Crippen molar-refractivity contribution in [3.63, 3.8) is 0 Å². The maximum absolute atomic E-state index is 13.8. The van der Waals surface area contributed by atoms with E-state index in [4.69, 9.17) is 4.84 Å². The molecule has 3 unspecified atom stereocenters. The van der Waals surface area contributed by atoms with Crippen molar-refractivity contribution >= 4 is 34.0 Å². The summed E-state index contributed by atoms with van der Waals surface area (Å²) >= 11 is 0. The molecule has 0 spiro atoms. The summed E-state index contributed by atoms with van der Waals surface area (Å²) in [7, 11) is 0. The first-order valence-corrected chi connectivity index (χ1v) is 10.9. The van der Waals surface area contributed by atoms with Crippen molar-refractivity contribution in [3.05, 3.63) is 96.6 Å². The summed E-state index contributed by atoms with van der Waals surface area (Å²) in [5, 5.41) is 23.2. The second-order valence-electron chi connectivity index (χ2n) is 8.42. The van der Waals surface area contributed by atoms with Crippen molar-refractivity contribution in [2.24, 2.45) is 5.92 Å². The first kappa shape index (κ1) is 20.3. The summed E-state index contributed by atoms with van der Waals surface area (Å²) in [5.74, 6) is -2.22. The van der Waals surface area contributed by atoms with E-state index < -0.39 is 24.0 Å². The zero-order chi connectivity index (χ0) is 23.4. The first-order valence-electron chi connectivity index (χ1n) is 10.9. The van der Waals surface area contributed by atoms with Gasteiger partial charge in [-0.1, -0.05) is 60.7 Å². The van der Waals surface area contributed by atoms with Crippen molar-refractivity contribution in [1.29, 1.82) is 0 Å². The van der Waals surface area contributed by atoms with Crippen LogP contribution in [0, 0.1) is 5.92 Å². The van der Waals surface area contributed by atoms with Crippen molar-refractivity contribution in [1.82, 2.24) is 0 Å². The van der Waals surface area contributed by atoms with Crippen LogP contribution < -0.4 is 9.96 Å². The third kappa shape index (κ3) is 2.94. The number of hydrogen-bond donors (Lipinski definition) is 2. The van der Waals surface area contributed by atoms with Gasteiger partial charge in [-0.05, 0) is 41.3 Å². The number of fused-ring (bicyclic) bond motifs is 2. The molecular weight excluding hydrogens is 432 g/mol. The average Bonchev–Trinajstić information content (AvgIpc) is 3.37. The Kier molecular flexibility index (Phi) is 4.53. The smallest absolute Gasteiger partial charge is 0.266 e. The molecule has 6 rings (SSSR count). The van der Waals surface area contributed by atoms with Gasteiger partial charge in [0.2, 0.25) is 5.91 Å². The van der Waals surface area contributed by atoms with Gasteiger partial charge in [0.05, 0.1) is 17.4 Å². The molecule has 168 valence electrons. The molecule has 2 heterocycles. The lowest BCUT2D eigenvalue weighted by atomic mass is 9.90. The number of aromatic hydroxyl groups is 2. The molecule has 2 amide bonds. The zero-order valence-electron chi connectivity index (χ0n) is 17.9. The molecule has 3 atom stereocenters. The minimum Gasteiger partial charge on any atom is -0.504 e. The normalized spacial score (nSPS) is 21.9. The van der Waals surface area contributed by atoms with Gasteiger partial charge < -0.3 is 10.2 Å². The molecule has 7 nitrogen and oxygen atoms in total. The molecule has 34 heavy (non-hydrogen) atoms. The van der Waals surface area contributed by atoms with E-state index in [1.54, 1.807) is 17.2 Å². The highest BCUT2D eigenvalue weighted by atomic mass is 16.7. The van der Waals surface area contributed by atoms with E-state index >= 15 is 0 Å². The number of nitrogens with zero attached hydrogens (tertiary/aromatic N) is 2. The Balaban J connectivity index is 1.48. The standard InChI is InChI=1S/C27H20N2O5/c30-21-14-13-17(15-22(21)31)24-23-25(34-29(24)18-9-2-1-3-10-18)27(33)28(26(23)32)20-12-6-8-16-7-4-5-11-19(16)20/h1-15,23-25,30-31H. The summed E-state index contributed by atoms with van der Waals surface area (Å²) in [6, 6.07) is 26.0. The predicted molar refractivity (Wildman–Crippen MR) is 126 cm³/mol.